The second-order valence-corrected chi connectivity index (χ2v) is 5.71. The maximum atomic E-state index is 3.55. The van der Waals surface area contributed by atoms with E-state index in [0.717, 1.165) is 12.1 Å². The van der Waals surface area contributed by atoms with Gasteiger partial charge in [-0.05, 0) is 31.6 Å². The Labute approximate surface area is 91.8 Å². The predicted molar refractivity (Wildman–Crippen MR) is 64.0 cm³/mol. The van der Waals surface area contributed by atoms with Crippen LogP contribution in [0.15, 0.2) is 0 Å². The Morgan fingerprint density at radius 1 is 1.29 bits per heavy atom. The summed E-state index contributed by atoms with van der Waals surface area (Å²) in [5, 5.41) is 3.55. The molecule has 2 atom stereocenters. The van der Waals surface area contributed by atoms with E-state index < -0.39 is 0 Å². The van der Waals surface area contributed by atoms with Crippen molar-refractivity contribution >= 4 is 11.8 Å². The zero-order valence-corrected chi connectivity index (χ0v) is 9.98. The van der Waals surface area contributed by atoms with E-state index in [-0.39, 0.29) is 0 Å². The normalized spacial score (nSPS) is 33.2. The van der Waals surface area contributed by atoms with E-state index in [1.807, 2.05) is 0 Å². The molecule has 2 rings (SSSR count). The van der Waals surface area contributed by atoms with Crippen LogP contribution in [0.3, 0.4) is 0 Å². The SMILES string of the molecule is CCSCCN1C2CCNCC1CC2. The second kappa shape index (κ2) is 5.38. The van der Waals surface area contributed by atoms with E-state index in [0.29, 0.717) is 0 Å². The van der Waals surface area contributed by atoms with Crippen molar-refractivity contribution in [3.63, 3.8) is 0 Å². The fourth-order valence-electron chi connectivity index (χ4n) is 2.76. The summed E-state index contributed by atoms with van der Waals surface area (Å²) >= 11 is 2.08. The zero-order valence-electron chi connectivity index (χ0n) is 9.17. The smallest absolute Gasteiger partial charge is 0.0224 e. The van der Waals surface area contributed by atoms with Crippen LogP contribution in [0.25, 0.3) is 0 Å². The summed E-state index contributed by atoms with van der Waals surface area (Å²) in [6, 6.07) is 1.74. The number of hydrogen-bond donors (Lipinski definition) is 1. The molecule has 0 aromatic rings. The Hall–Kier alpha value is 0.270. The van der Waals surface area contributed by atoms with Crippen LogP contribution >= 0.6 is 11.8 Å². The number of nitrogens with one attached hydrogen (secondary N) is 1. The third-order valence-corrected chi connectivity index (χ3v) is 4.38. The molecule has 2 heterocycles. The van der Waals surface area contributed by atoms with Gasteiger partial charge in [-0.25, -0.2) is 0 Å². The van der Waals surface area contributed by atoms with E-state index in [4.69, 9.17) is 0 Å². The lowest BCUT2D eigenvalue weighted by molar-refractivity contribution is 0.216. The number of rotatable bonds is 4. The molecule has 0 aromatic carbocycles. The van der Waals surface area contributed by atoms with Crippen LogP contribution in [0.5, 0.6) is 0 Å². The molecule has 0 aliphatic carbocycles. The van der Waals surface area contributed by atoms with Crippen LogP contribution in [-0.4, -0.2) is 48.1 Å². The summed E-state index contributed by atoms with van der Waals surface area (Å²) in [6.07, 6.45) is 4.24. The first-order valence-corrected chi connectivity index (χ1v) is 7.11. The molecule has 0 radical (unpaired) electrons. The third kappa shape index (κ3) is 2.44. The monoisotopic (exact) mass is 214 g/mol. The van der Waals surface area contributed by atoms with Gasteiger partial charge < -0.3 is 5.32 Å². The van der Waals surface area contributed by atoms with Gasteiger partial charge in [0.15, 0.2) is 0 Å². The Kier molecular flexibility index (Phi) is 4.14. The molecule has 2 fully saturated rings. The lowest BCUT2D eigenvalue weighted by Crippen LogP contribution is -2.39. The van der Waals surface area contributed by atoms with Crippen molar-refractivity contribution in [3.8, 4) is 0 Å². The minimum Gasteiger partial charge on any atom is -0.315 e. The Bertz CT molecular complexity index is 161. The Morgan fingerprint density at radius 3 is 3.00 bits per heavy atom. The summed E-state index contributed by atoms with van der Waals surface area (Å²) in [4.78, 5) is 2.77. The summed E-state index contributed by atoms with van der Waals surface area (Å²) in [5.41, 5.74) is 0. The summed E-state index contributed by atoms with van der Waals surface area (Å²) in [7, 11) is 0. The topological polar surface area (TPSA) is 15.3 Å². The van der Waals surface area contributed by atoms with Gasteiger partial charge in [0.05, 0.1) is 0 Å². The molecule has 2 nitrogen and oxygen atoms in total. The summed E-state index contributed by atoms with van der Waals surface area (Å²) in [6.45, 7) is 6.03. The highest BCUT2D eigenvalue weighted by atomic mass is 32.2. The van der Waals surface area contributed by atoms with Crippen molar-refractivity contribution in [2.75, 3.05) is 31.1 Å². The van der Waals surface area contributed by atoms with Gasteiger partial charge in [-0.1, -0.05) is 6.92 Å². The Balaban J connectivity index is 1.83. The van der Waals surface area contributed by atoms with E-state index in [2.05, 4.69) is 28.9 Å². The first kappa shape index (κ1) is 10.8. The van der Waals surface area contributed by atoms with Crippen molar-refractivity contribution in [2.24, 2.45) is 0 Å². The van der Waals surface area contributed by atoms with Crippen LogP contribution in [0, 0.1) is 0 Å². The highest BCUT2D eigenvalue weighted by Gasteiger charge is 2.33. The fraction of sp³-hybridized carbons (Fsp3) is 1.00. The van der Waals surface area contributed by atoms with Gasteiger partial charge in [-0.3, -0.25) is 4.90 Å². The molecule has 14 heavy (non-hydrogen) atoms. The maximum absolute atomic E-state index is 3.55. The number of nitrogens with zero attached hydrogens (tertiary/aromatic N) is 1. The van der Waals surface area contributed by atoms with Crippen LogP contribution in [-0.2, 0) is 0 Å². The molecule has 0 aromatic heterocycles. The number of thioether (sulfide) groups is 1. The quantitative estimate of drug-likeness (QED) is 0.715. The molecule has 2 unspecified atom stereocenters. The van der Waals surface area contributed by atoms with Crippen molar-refractivity contribution in [3.05, 3.63) is 0 Å². The highest BCUT2D eigenvalue weighted by Crippen LogP contribution is 2.27. The zero-order chi connectivity index (χ0) is 9.80. The van der Waals surface area contributed by atoms with Crippen LogP contribution in [0.1, 0.15) is 26.2 Å². The second-order valence-electron chi connectivity index (χ2n) is 4.31. The van der Waals surface area contributed by atoms with Crippen molar-refractivity contribution in [1.82, 2.24) is 10.2 Å². The molecule has 2 aliphatic heterocycles. The first-order valence-electron chi connectivity index (χ1n) is 5.96. The highest BCUT2D eigenvalue weighted by molar-refractivity contribution is 7.99. The van der Waals surface area contributed by atoms with Crippen molar-refractivity contribution < 1.29 is 0 Å². The van der Waals surface area contributed by atoms with Gasteiger partial charge in [-0.2, -0.15) is 11.8 Å². The van der Waals surface area contributed by atoms with Crippen LogP contribution < -0.4 is 5.32 Å². The Morgan fingerprint density at radius 2 is 2.14 bits per heavy atom. The van der Waals surface area contributed by atoms with E-state index in [1.165, 1.54) is 50.4 Å². The van der Waals surface area contributed by atoms with Crippen LogP contribution in [0.2, 0.25) is 0 Å². The standard InChI is InChI=1S/C11H22N2S/c1-2-14-8-7-13-10-3-4-11(13)9-12-6-5-10/h10-12H,2-9H2,1H3. The van der Waals surface area contributed by atoms with Gasteiger partial charge in [0, 0.05) is 30.9 Å². The largest absolute Gasteiger partial charge is 0.315 e. The maximum Gasteiger partial charge on any atom is 0.0224 e. The third-order valence-electron chi connectivity index (χ3n) is 3.50. The fourth-order valence-corrected chi connectivity index (χ4v) is 3.39. The lowest BCUT2D eigenvalue weighted by atomic mass is 10.1. The van der Waals surface area contributed by atoms with Gasteiger partial charge >= 0.3 is 0 Å². The molecule has 1 N–H and O–H groups in total. The molecule has 3 heteroatoms. The minimum atomic E-state index is 0.847. The van der Waals surface area contributed by atoms with Gasteiger partial charge in [0.25, 0.3) is 0 Å². The lowest BCUT2D eigenvalue weighted by Gasteiger charge is -2.27. The minimum absolute atomic E-state index is 0.847. The van der Waals surface area contributed by atoms with Gasteiger partial charge in [0.1, 0.15) is 0 Å². The number of fused-ring (bicyclic) bond motifs is 2. The van der Waals surface area contributed by atoms with E-state index in [1.54, 1.807) is 0 Å². The molecular weight excluding hydrogens is 192 g/mol. The molecule has 2 aliphatic rings. The molecule has 0 spiro atoms. The first-order chi connectivity index (χ1) is 6.92. The van der Waals surface area contributed by atoms with Crippen LogP contribution in [0.4, 0.5) is 0 Å². The number of hydrogen-bond acceptors (Lipinski definition) is 3. The van der Waals surface area contributed by atoms with Crippen molar-refractivity contribution in [1.29, 1.82) is 0 Å². The molecular formula is C11H22N2S. The van der Waals surface area contributed by atoms with E-state index in [9.17, 15) is 0 Å². The van der Waals surface area contributed by atoms with Gasteiger partial charge in [0.2, 0.25) is 0 Å². The molecule has 0 saturated carbocycles. The van der Waals surface area contributed by atoms with Crippen molar-refractivity contribution in [2.45, 2.75) is 38.3 Å². The average Bonchev–Trinajstić information content (AvgIpc) is 2.41. The molecule has 0 amide bonds. The average molecular weight is 214 g/mol. The molecule has 82 valence electrons. The summed E-state index contributed by atoms with van der Waals surface area (Å²) in [5.74, 6) is 2.59. The predicted octanol–water partition coefficient (Wildman–Crippen LogP) is 1.57. The van der Waals surface area contributed by atoms with Gasteiger partial charge in [-0.15, -0.1) is 0 Å². The molecule has 2 bridgehead atoms. The molecule has 2 saturated heterocycles. The van der Waals surface area contributed by atoms with E-state index >= 15 is 0 Å². The summed E-state index contributed by atoms with van der Waals surface area (Å²) < 4.78 is 0.